The van der Waals surface area contributed by atoms with Gasteiger partial charge >= 0.3 is 0 Å². The highest BCUT2D eigenvalue weighted by Gasteiger charge is 2.49. The summed E-state index contributed by atoms with van der Waals surface area (Å²) in [5, 5.41) is 3.12. The van der Waals surface area contributed by atoms with Crippen LogP contribution in [0.15, 0.2) is 48.6 Å². The third-order valence-corrected chi connectivity index (χ3v) is 17.2. The number of nitrogens with zero attached hydrogens (tertiary/aromatic N) is 2. The lowest BCUT2D eigenvalue weighted by molar-refractivity contribution is -0.135. The SMILES string of the molecule is CO[C@@]1(C=O)/C=C/C[C@H](C)[C@@H](C)S(=O)(=O)NC(=O)c2ccc3c(c2)N(C[C@@H]2CC[C@H]21)C[C@@]1(CCCc2cc(Cl)ccc21)CO3.Cl.O=S1(=O)CC(N2CCNCC2)C1. The van der Waals surface area contributed by atoms with E-state index in [1.807, 2.05) is 25.1 Å². The molecule has 4 heterocycles. The average Bonchev–Trinajstić information content (AvgIpc) is 3.31. The minimum Gasteiger partial charge on any atom is -0.490 e. The third-order valence-electron chi connectivity index (χ3n) is 13.3. The Hall–Kier alpha value is -2.72. The van der Waals surface area contributed by atoms with Crippen LogP contribution in [0.1, 0.15) is 67.4 Å². The molecule has 2 aromatic rings. The molecule has 0 radical (unpaired) electrons. The Kier molecular flexibility index (Phi) is 13.4. The smallest absolute Gasteiger partial charge is 0.264 e. The monoisotopic (exact) mass is 866 g/mol. The number of sulfone groups is 1. The summed E-state index contributed by atoms with van der Waals surface area (Å²) in [7, 11) is -5.05. The lowest BCUT2D eigenvalue weighted by atomic mass is 9.64. The van der Waals surface area contributed by atoms with E-state index < -0.39 is 36.6 Å². The Morgan fingerprint density at radius 2 is 1.79 bits per heavy atom. The van der Waals surface area contributed by atoms with Gasteiger partial charge in [0.1, 0.15) is 11.4 Å². The third kappa shape index (κ3) is 9.07. The van der Waals surface area contributed by atoms with Crippen LogP contribution in [0, 0.1) is 17.8 Å². The van der Waals surface area contributed by atoms with E-state index in [1.165, 1.54) is 11.1 Å². The Morgan fingerprint density at radius 1 is 1.04 bits per heavy atom. The second-order valence-corrected chi connectivity index (χ2v) is 21.3. The summed E-state index contributed by atoms with van der Waals surface area (Å²) in [5.74, 6) is 0.561. The van der Waals surface area contributed by atoms with Crippen LogP contribution in [0.3, 0.4) is 0 Å². The maximum atomic E-state index is 13.4. The quantitative estimate of drug-likeness (QED) is 0.330. The molecule has 0 unspecified atom stereocenters. The molecule has 2 aliphatic carbocycles. The van der Waals surface area contributed by atoms with Gasteiger partial charge in [-0.2, -0.15) is 0 Å². The lowest BCUT2D eigenvalue weighted by Gasteiger charge is -2.48. The number of rotatable bonds is 3. The molecule has 16 heteroatoms. The van der Waals surface area contributed by atoms with Crippen LogP contribution in [0.2, 0.25) is 5.02 Å². The molecule has 4 aliphatic heterocycles. The van der Waals surface area contributed by atoms with Crippen LogP contribution in [-0.2, 0) is 41.2 Å². The molecule has 6 atom stereocenters. The van der Waals surface area contributed by atoms with E-state index in [9.17, 15) is 26.4 Å². The molecular weight excluding hydrogens is 812 g/mol. The zero-order valence-electron chi connectivity index (χ0n) is 33.0. The highest BCUT2D eigenvalue weighted by molar-refractivity contribution is 7.92. The van der Waals surface area contributed by atoms with E-state index in [2.05, 4.69) is 32.0 Å². The number of amides is 1. The lowest BCUT2D eigenvalue weighted by Crippen LogP contribution is -2.58. The minimum atomic E-state index is -3.97. The van der Waals surface area contributed by atoms with Gasteiger partial charge in [0.25, 0.3) is 5.91 Å². The molecule has 1 saturated carbocycles. The number of hydrogen-bond donors (Lipinski definition) is 2. The Labute approximate surface area is 348 Å². The fraction of sp³-hybridized carbons (Fsp3) is 0.610. The highest BCUT2D eigenvalue weighted by Crippen LogP contribution is 2.48. The number of anilines is 1. The van der Waals surface area contributed by atoms with E-state index in [-0.39, 0.29) is 41.1 Å². The van der Waals surface area contributed by atoms with E-state index >= 15 is 0 Å². The number of nitrogens with one attached hydrogen (secondary N) is 2. The first kappa shape index (κ1) is 43.8. The predicted molar refractivity (Wildman–Crippen MR) is 225 cm³/mol. The zero-order chi connectivity index (χ0) is 39.9. The molecule has 0 aromatic heterocycles. The van der Waals surface area contributed by atoms with E-state index in [0.717, 1.165) is 70.3 Å². The van der Waals surface area contributed by atoms with Crippen LogP contribution >= 0.6 is 24.0 Å². The Bertz CT molecular complexity index is 2050. The van der Waals surface area contributed by atoms with Gasteiger partial charge in [0, 0.05) is 74.3 Å². The number of benzene rings is 2. The topological polar surface area (TPSA) is 151 Å². The second kappa shape index (κ2) is 17.5. The molecule has 12 nitrogen and oxygen atoms in total. The van der Waals surface area contributed by atoms with Crippen LogP contribution < -0.4 is 19.7 Å². The molecule has 1 amide bonds. The molecule has 2 aromatic carbocycles. The number of carbonyl (C=O) groups is 2. The molecule has 57 heavy (non-hydrogen) atoms. The average molecular weight is 868 g/mol. The van der Waals surface area contributed by atoms with E-state index in [4.69, 9.17) is 21.1 Å². The van der Waals surface area contributed by atoms with Gasteiger partial charge in [-0.05, 0) is 105 Å². The molecule has 2 N–H and O–H groups in total. The van der Waals surface area contributed by atoms with Crippen molar-refractivity contribution < 1.29 is 35.9 Å². The molecular formula is C41H56Cl2N4O8S2. The van der Waals surface area contributed by atoms with Gasteiger partial charge in [0.15, 0.2) is 16.1 Å². The molecule has 314 valence electrons. The number of hydrogen-bond acceptors (Lipinski definition) is 11. The van der Waals surface area contributed by atoms with Gasteiger partial charge in [-0.25, -0.2) is 21.6 Å². The van der Waals surface area contributed by atoms with Gasteiger partial charge in [-0.1, -0.05) is 30.7 Å². The van der Waals surface area contributed by atoms with Gasteiger partial charge in [-0.3, -0.25) is 14.5 Å². The van der Waals surface area contributed by atoms with Crippen molar-refractivity contribution in [2.45, 2.75) is 74.7 Å². The number of allylic oxidation sites excluding steroid dienone is 1. The van der Waals surface area contributed by atoms with Gasteiger partial charge < -0.3 is 19.7 Å². The number of halogens is 2. The number of sulfonamides is 1. The van der Waals surface area contributed by atoms with Crippen LogP contribution in [-0.4, -0.2) is 115 Å². The number of aryl methyl sites for hydroxylation is 1. The molecule has 1 spiro atoms. The predicted octanol–water partition coefficient (Wildman–Crippen LogP) is 4.58. The van der Waals surface area contributed by atoms with E-state index in [1.54, 1.807) is 32.2 Å². The fourth-order valence-corrected chi connectivity index (χ4v) is 12.5. The Morgan fingerprint density at radius 3 is 2.46 bits per heavy atom. The standard InChI is InChI=1S/C34H41ClN2O6S.C7H14N2O2S.ClH/c1-22-6-4-15-34(20-38,42-3)29-11-8-26(29)18-37-19-33(14-5-7-24-16-27(35)10-12-28(24)33)21-43-31-13-9-25(17-30(31)37)32(39)36-44(40,41)23(22)2;10-12(11)5-7(6-12)9-3-1-8-2-4-9;/h4,9-10,12-13,15-17,20,22-23,26,29H,5-8,11,14,18-19,21H2,1-3H3,(H,36,39);7-8H,1-6H2;1H/b15-4+;;/t22-,23+,26-,29+,33-,34+;;/m0../s1. The normalized spacial score (nSPS) is 32.8. The van der Waals surface area contributed by atoms with Crippen LogP contribution in [0.25, 0.3) is 0 Å². The second-order valence-electron chi connectivity index (χ2n) is 16.7. The summed E-state index contributed by atoms with van der Waals surface area (Å²) in [6.07, 6.45) is 9.65. The summed E-state index contributed by atoms with van der Waals surface area (Å²) >= 11 is 6.40. The highest BCUT2D eigenvalue weighted by atomic mass is 35.5. The number of piperazine rings is 1. The molecule has 2 bridgehead atoms. The number of aldehydes is 1. The molecule has 2 saturated heterocycles. The largest absolute Gasteiger partial charge is 0.490 e. The van der Waals surface area contributed by atoms with Crippen molar-refractivity contribution in [3.63, 3.8) is 0 Å². The summed E-state index contributed by atoms with van der Waals surface area (Å²) in [6.45, 7) is 9.17. The van der Waals surface area contributed by atoms with Crippen molar-refractivity contribution in [2.24, 2.45) is 17.8 Å². The van der Waals surface area contributed by atoms with Crippen molar-refractivity contribution >= 4 is 61.7 Å². The first-order chi connectivity index (χ1) is 26.7. The van der Waals surface area contributed by atoms with Gasteiger partial charge in [0.2, 0.25) is 10.0 Å². The first-order valence-electron chi connectivity index (χ1n) is 19.9. The van der Waals surface area contributed by atoms with Crippen molar-refractivity contribution in [3.8, 4) is 5.75 Å². The maximum Gasteiger partial charge on any atom is 0.264 e. The van der Waals surface area contributed by atoms with E-state index in [0.29, 0.717) is 54.4 Å². The van der Waals surface area contributed by atoms with Gasteiger partial charge in [-0.15, -0.1) is 12.4 Å². The minimum absolute atomic E-state index is 0. The number of ether oxygens (including phenoxy) is 2. The number of methoxy groups -OCH3 is 1. The van der Waals surface area contributed by atoms with Crippen LogP contribution in [0.5, 0.6) is 5.75 Å². The van der Waals surface area contributed by atoms with Crippen molar-refractivity contribution in [1.82, 2.24) is 14.9 Å². The molecule has 8 rings (SSSR count). The summed E-state index contributed by atoms with van der Waals surface area (Å²) in [5.41, 5.74) is 2.05. The fourth-order valence-electron chi connectivity index (χ4n) is 9.48. The van der Waals surface area contributed by atoms with Crippen molar-refractivity contribution in [1.29, 1.82) is 0 Å². The Balaban J connectivity index is 0.000000359. The zero-order valence-corrected chi connectivity index (χ0v) is 36.2. The maximum absolute atomic E-state index is 13.4. The van der Waals surface area contributed by atoms with Crippen molar-refractivity contribution in [2.75, 3.05) is 69.4 Å². The number of carbonyl (C=O) groups excluding carboxylic acids is 2. The van der Waals surface area contributed by atoms with Crippen LogP contribution in [0.4, 0.5) is 5.69 Å². The molecule has 3 fully saturated rings. The molecule has 6 aliphatic rings. The first-order valence-corrected chi connectivity index (χ1v) is 23.6. The summed E-state index contributed by atoms with van der Waals surface area (Å²) in [4.78, 5) is 30.7. The summed E-state index contributed by atoms with van der Waals surface area (Å²) < 4.78 is 63.1. The van der Waals surface area contributed by atoms with Gasteiger partial charge in [0.05, 0.1) is 29.0 Å². The number of fused-ring (bicyclic) bond motifs is 4. The van der Waals surface area contributed by atoms with Crippen molar-refractivity contribution in [3.05, 3.63) is 70.3 Å². The summed E-state index contributed by atoms with van der Waals surface area (Å²) in [6, 6.07) is 11.6.